The average molecular weight is 475 g/mol. The Morgan fingerprint density at radius 1 is 1.00 bits per heavy atom. The van der Waals surface area contributed by atoms with E-state index in [2.05, 4.69) is 10.2 Å². The molecular formula is C24H30N2O8. The summed E-state index contributed by atoms with van der Waals surface area (Å²) in [5, 5.41) is 42.4. The first-order valence-corrected chi connectivity index (χ1v) is 11.2. The Labute approximate surface area is 197 Å². The molecule has 0 spiro atoms. The van der Waals surface area contributed by atoms with Crippen molar-refractivity contribution in [2.45, 2.75) is 37.1 Å². The predicted molar refractivity (Wildman–Crippen MR) is 123 cm³/mol. The van der Waals surface area contributed by atoms with Crippen LogP contribution in [-0.4, -0.2) is 89.9 Å². The average Bonchev–Trinajstić information content (AvgIpc) is 2.86. The summed E-state index contributed by atoms with van der Waals surface area (Å²) in [4.78, 5) is 14.9. The number of nitrogens with zero attached hydrogens (tertiary/aromatic N) is 1. The highest BCUT2D eigenvalue weighted by molar-refractivity contribution is 5.92. The van der Waals surface area contributed by atoms with Gasteiger partial charge < -0.3 is 44.9 Å². The van der Waals surface area contributed by atoms with Crippen LogP contribution in [0, 0.1) is 0 Å². The van der Waals surface area contributed by atoms with E-state index >= 15 is 0 Å². The summed E-state index contributed by atoms with van der Waals surface area (Å²) in [5.41, 5.74) is 2.27. The van der Waals surface area contributed by atoms with Gasteiger partial charge in [0.25, 0.3) is 0 Å². The summed E-state index contributed by atoms with van der Waals surface area (Å²) in [5.74, 6) is 0.0219. The molecule has 2 aromatic carbocycles. The lowest BCUT2D eigenvalue weighted by Crippen LogP contribution is -2.60. The second kappa shape index (κ2) is 11.1. The van der Waals surface area contributed by atoms with Crippen LogP contribution in [-0.2, 0) is 20.7 Å². The molecule has 2 aliphatic rings. The van der Waals surface area contributed by atoms with Gasteiger partial charge in [-0.2, -0.15) is 0 Å². The molecule has 184 valence electrons. The number of rotatable bonds is 7. The van der Waals surface area contributed by atoms with Crippen molar-refractivity contribution in [3.63, 3.8) is 0 Å². The smallest absolute Gasteiger partial charge is 0.229 e. The molecule has 10 nitrogen and oxygen atoms in total. The highest BCUT2D eigenvalue weighted by Crippen LogP contribution is 2.27. The molecule has 2 fully saturated rings. The second-order valence-electron chi connectivity index (χ2n) is 8.29. The van der Waals surface area contributed by atoms with Crippen molar-refractivity contribution in [1.82, 2.24) is 0 Å². The maximum Gasteiger partial charge on any atom is 0.229 e. The highest BCUT2D eigenvalue weighted by atomic mass is 16.7. The van der Waals surface area contributed by atoms with E-state index in [-0.39, 0.29) is 18.1 Å². The quantitative estimate of drug-likeness (QED) is 0.371. The van der Waals surface area contributed by atoms with Crippen molar-refractivity contribution in [2.24, 2.45) is 0 Å². The summed E-state index contributed by atoms with van der Waals surface area (Å²) >= 11 is 0. The molecule has 5 N–H and O–H groups in total. The van der Waals surface area contributed by atoms with E-state index in [9.17, 15) is 25.2 Å². The molecule has 1 amide bonds. The van der Waals surface area contributed by atoms with E-state index in [1.54, 1.807) is 24.3 Å². The number of anilines is 2. The van der Waals surface area contributed by atoms with Gasteiger partial charge in [-0.1, -0.05) is 18.2 Å². The van der Waals surface area contributed by atoms with Crippen LogP contribution in [0.1, 0.15) is 5.56 Å². The van der Waals surface area contributed by atoms with E-state index in [0.29, 0.717) is 24.5 Å². The van der Waals surface area contributed by atoms with E-state index in [4.69, 9.17) is 14.2 Å². The Morgan fingerprint density at radius 2 is 1.71 bits per heavy atom. The number of hydrogen-bond acceptors (Lipinski definition) is 9. The van der Waals surface area contributed by atoms with Gasteiger partial charge >= 0.3 is 0 Å². The zero-order valence-corrected chi connectivity index (χ0v) is 18.6. The molecule has 34 heavy (non-hydrogen) atoms. The van der Waals surface area contributed by atoms with Crippen molar-refractivity contribution < 1.29 is 39.4 Å². The van der Waals surface area contributed by atoms with Crippen LogP contribution < -0.4 is 15.0 Å². The molecule has 2 heterocycles. The minimum atomic E-state index is -1.55. The number of carbonyl (C=O) groups excluding carboxylic acids is 1. The lowest BCUT2D eigenvalue weighted by Gasteiger charge is -2.39. The predicted octanol–water partition coefficient (Wildman–Crippen LogP) is -0.117. The van der Waals surface area contributed by atoms with Crippen molar-refractivity contribution in [2.75, 3.05) is 43.1 Å². The molecule has 2 saturated heterocycles. The van der Waals surface area contributed by atoms with Gasteiger partial charge in [0.1, 0.15) is 30.2 Å². The van der Waals surface area contributed by atoms with Crippen molar-refractivity contribution in [3.05, 3.63) is 54.1 Å². The lowest BCUT2D eigenvalue weighted by atomic mass is 9.99. The summed E-state index contributed by atoms with van der Waals surface area (Å²) < 4.78 is 16.5. The summed E-state index contributed by atoms with van der Waals surface area (Å²) in [6.45, 7) is 2.50. The van der Waals surface area contributed by atoms with Crippen LogP contribution >= 0.6 is 0 Å². The SMILES string of the molecule is O=C(Cc1ccccc1OC1OC(CO)C(O)C(O)C1O)Nc1ccc(N2CCOCC2)cc1. The lowest BCUT2D eigenvalue weighted by molar-refractivity contribution is -0.277. The maximum absolute atomic E-state index is 12.7. The molecule has 0 aromatic heterocycles. The number of para-hydroxylation sites is 1. The molecule has 0 aliphatic carbocycles. The Balaban J connectivity index is 1.38. The molecule has 0 radical (unpaired) electrons. The van der Waals surface area contributed by atoms with Crippen molar-refractivity contribution >= 4 is 17.3 Å². The normalized spacial score (nSPS) is 27.3. The van der Waals surface area contributed by atoms with Gasteiger partial charge in [-0.3, -0.25) is 4.79 Å². The molecule has 5 unspecified atom stereocenters. The van der Waals surface area contributed by atoms with Crippen LogP contribution in [0.5, 0.6) is 5.75 Å². The third-order valence-corrected chi connectivity index (χ3v) is 5.94. The maximum atomic E-state index is 12.7. The molecule has 5 atom stereocenters. The number of nitrogens with one attached hydrogen (secondary N) is 1. The fourth-order valence-corrected chi connectivity index (χ4v) is 4.01. The zero-order chi connectivity index (χ0) is 24.1. The Morgan fingerprint density at radius 3 is 2.41 bits per heavy atom. The monoisotopic (exact) mass is 474 g/mol. The third-order valence-electron chi connectivity index (χ3n) is 5.94. The molecule has 10 heteroatoms. The molecule has 4 rings (SSSR count). The van der Waals surface area contributed by atoms with Crippen LogP contribution in [0.3, 0.4) is 0 Å². The van der Waals surface area contributed by atoms with Crippen LogP contribution in [0.25, 0.3) is 0 Å². The van der Waals surface area contributed by atoms with E-state index in [0.717, 1.165) is 18.8 Å². The van der Waals surface area contributed by atoms with Crippen molar-refractivity contribution in [3.8, 4) is 5.75 Å². The van der Waals surface area contributed by atoms with Gasteiger partial charge in [0, 0.05) is 30.0 Å². The number of aliphatic hydroxyl groups excluding tert-OH is 4. The Hall–Kier alpha value is -2.73. The number of ether oxygens (including phenoxy) is 3. The van der Waals surface area contributed by atoms with Gasteiger partial charge in [0.05, 0.1) is 26.2 Å². The number of benzene rings is 2. The van der Waals surface area contributed by atoms with E-state index in [1.165, 1.54) is 0 Å². The first-order chi connectivity index (χ1) is 16.5. The topological polar surface area (TPSA) is 141 Å². The van der Waals surface area contributed by atoms with E-state index < -0.39 is 37.3 Å². The minimum absolute atomic E-state index is 0.00118. The summed E-state index contributed by atoms with van der Waals surface area (Å²) in [7, 11) is 0. The number of hydrogen-bond donors (Lipinski definition) is 5. The Kier molecular flexibility index (Phi) is 7.99. The Bertz CT molecular complexity index is 948. The first-order valence-electron chi connectivity index (χ1n) is 11.2. The van der Waals surface area contributed by atoms with Crippen molar-refractivity contribution in [1.29, 1.82) is 0 Å². The third kappa shape index (κ3) is 5.66. The largest absolute Gasteiger partial charge is 0.462 e. The standard InChI is InChI=1S/C24H30N2O8/c27-14-19-21(29)22(30)23(31)24(34-19)33-18-4-2-1-3-15(18)13-20(28)25-16-5-7-17(8-6-16)26-9-11-32-12-10-26/h1-8,19,21-24,27,29-31H,9-14H2,(H,25,28). The minimum Gasteiger partial charge on any atom is -0.462 e. The molecular weight excluding hydrogens is 444 g/mol. The fourth-order valence-electron chi connectivity index (χ4n) is 4.01. The number of carbonyl (C=O) groups is 1. The number of aliphatic hydroxyl groups is 4. The van der Waals surface area contributed by atoms with Crippen LogP contribution in [0.15, 0.2) is 48.5 Å². The second-order valence-corrected chi connectivity index (χ2v) is 8.29. The van der Waals surface area contributed by atoms with Gasteiger partial charge in [-0.15, -0.1) is 0 Å². The zero-order valence-electron chi connectivity index (χ0n) is 18.6. The molecule has 2 aromatic rings. The summed E-state index contributed by atoms with van der Waals surface area (Å²) in [6.07, 6.45) is -6.97. The van der Waals surface area contributed by atoms with Gasteiger partial charge in [-0.05, 0) is 30.3 Å². The number of amides is 1. The van der Waals surface area contributed by atoms with Crippen LogP contribution in [0.2, 0.25) is 0 Å². The van der Waals surface area contributed by atoms with Gasteiger partial charge in [0.15, 0.2) is 0 Å². The van der Waals surface area contributed by atoms with Crippen LogP contribution in [0.4, 0.5) is 11.4 Å². The van der Waals surface area contributed by atoms with Gasteiger partial charge in [-0.25, -0.2) is 0 Å². The highest BCUT2D eigenvalue weighted by Gasteiger charge is 2.44. The van der Waals surface area contributed by atoms with Gasteiger partial charge in [0.2, 0.25) is 12.2 Å². The number of morpholine rings is 1. The first kappa shape index (κ1) is 24.4. The fraction of sp³-hybridized carbons (Fsp3) is 0.458. The molecule has 2 aliphatic heterocycles. The molecule has 0 bridgehead atoms. The summed E-state index contributed by atoms with van der Waals surface area (Å²) in [6, 6.07) is 14.4. The van der Waals surface area contributed by atoms with E-state index in [1.807, 2.05) is 24.3 Å². The molecule has 0 saturated carbocycles.